The molecular formula is C17H30O2S. The molecule has 1 heterocycles. The summed E-state index contributed by atoms with van der Waals surface area (Å²) in [6.45, 7) is 0. The average molecular weight is 298 g/mol. The first-order valence-corrected chi connectivity index (χ1v) is 10.9. The van der Waals surface area contributed by atoms with Crippen LogP contribution in [0.2, 0.25) is 0 Å². The largest absolute Gasteiger partial charge is 0.298 e. The van der Waals surface area contributed by atoms with Crippen molar-refractivity contribution in [3.05, 3.63) is 0 Å². The fraction of sp³-hybridized carbons (Fsp3) is 0.941. The summed E-state index contributed by atoms with van der Waals surface area (Å²) in [6.07, 6.45) is 13.4. The highest BCUT2D eigenvalue weighted by atomic mass is 32.2. The number of rotatable bonds is 3. The van der Waals surface area contributed by atoms with Gasteiger partial charge in [0.2, 0.25) is 0 Å². The Labute approximate surface area is 124 Å². The van der Waals surface area contributed by atoms with Gasteiger partial charge in [0, 0.05) is 17.4 Å². The molecule has 2 aliphatic carbocycles. The first-order valence-electron chi connectivity index (χ1n) is 8.81. The van der Waals surface area contributed by atoms with Gasteiger partial charge < -0.3 is 0 Å². The van der Waals surface area contributed by atoms with Crippen LogP contribution in [0.15, 0.2) is 0 Å². The smallest absolute Gasteiger partial charge is 0.152 e. The summed E-state index contributed by atoms with van der Waals surface area (Å²) in [5.74, 6) is 2.42. The van der Waals surface area contributed by atoms with Gasteiger partial charge in [-0.15, -0.1) is 0 Å². The predicted molar refractivity (Wildman–Crippen MR) is 85.9 cm³/mol. The van der Waals surface area contributed by atoms with Gasteiger partial charge in [-0.3, -0.25) is 9.00 Å². The van der Waals surface area contributed by atoms with E-state index in [4.69, 9.17) is 0 Å². The summed E-state index contributed by atoms with van der Waals surface area (Å²) in [5.41, 5.74) is 0. The molecular weight excluding hydrogens is 268 g/mol. The van der Waals surface area contributed by atoms with Crippen LogP contribution >= 0.6 is 0 Å². The Morgan fingerprint density at radius 3 is 1.95 bits per heavy atom. The Morgan fingerprint density at radius 2 is 1.35 bits per heavy atom. The Bertz CT molecular complexity index is 393. The Kier molecular flexibility index (Phi) is 4.35. The maximum Gasteiger partial charge on any atom is 0.152 e. The quantitative estimate of drug-likeness (QED) is 0.807. The van der Waals surface area contributed by atoms with Crippen molar-refractivity contribution < 1.29 is 9.00 Å². The minimum Gasteiger partial charge on any atom is -0.298 e. The molecule has 3 rings (SSSR count). The normalized spacial score (nSPS) is 31.8. The van der Waals surface area contributed by atoms with Gasteiger partial charge in [-0.2, -0.15) is 0 Å². The molecule has 1 saturated heterocycles. The van der Waals surface area contributed by atoms with Crippen LogP contribution in [0, 0.1) is 5.92 Å². The molecule has 3 fully saturated rings. The summed E-state index contributed by atoms with van der Waals surface area (Å²) >= 11 is 0. The van der Waals surface area contributed by atoms with Crippen LogP contribution in [0.25, 0.3) is 0 Å². The molecule has 0 N–H and O–H groups in total. The van der Waals surface area contributed by atoms with Gasteiger partial charge in [0.05, 0.1) is 4.75 Å². The summed E-state index contributed by atoms with van der Waals surface area (Å²) in [5, 5.41) is 0. The van der Waals surface area contributed by atoms with Gasteiger partial charge in [-0.1, -0.05) is 48.5 Å². The number of carbonyl (C=O) groups excluding carboxylic acids is 1. The Balaban J connectivity index is 1.88. The van der Waals surface area contributed by atoms with E-state index < -0.39 is 9.93 Å². The van der Waals surface area contributed by atoms with Gasteiger partial charge in [-0.25, -0.2) is 0 Å². The van der Waals surface area contributed by atoms with Gasteiger partial charge in [0.15, 0.2) is 5.78 Å². The van der Waals surface area contributed by atoms with Crippen molar-refractivity contribution in [3.8, 4) is 0 Å². The van der Waals surface area contributed by atoms with Crippen LogP contribution < -0.4 is 0 Å². The third-order valence-electron chi connectivity index (χ3n) is 6.18. The molecule has 0 atom stereocenters. The van der Waals surface area contributed by atoms with Crippen LogP contribution in [0.3, 0.4) is 0 Å². The van der Waals surface area contributed by atoms with Crippen molar-refractivity contribution >= 4 is 15.7 Å². The molecule has 0 unspecified atom stereocenters. The SMILES string of the molecule is O=C(C1CCCCC1)C1([SH]2(=O)CCCC2)CCCCC1. The van der Waals surface area contributed by atoms with Gasteiger partial charge in [0.1, 0.15) is 0 Å². The molecule has 1 aliphatic heterocycles. The van der Waals surface area contributed by atoms with E-state index in [1.807, 2.05) is 0 Å². The molecule has 3 heteroatoms. The standard InChI is InChI=1S/C17H30O2S/c18-16(15-9-3-1-4-10-15)17(11-5-2-6-12-17)20(19)13-7-8-14-20/h15,20H,1-14H2. The molecule has 3 aliphatic rings. The maximum absolute atomic E-state index is 13.6. The van der Waals surface area contributed by atoms with Crippen molar-refractivity contribution in [1.82, 2.24) is 0 Å². The molecule has 0 bridgehead atoms. The molecule has 0 spiro atoms. The van der Waals surface area contributed by atoms with Crippen molar-refractivity contribution in [2.24, 2.45) is 5.92 Å². The average Bonchev–Trinajstić information content (AvgIpc) is 2.96. The topological polar surface area (TPSA) is 34.1 Å². The summed E-state index contributed by atoms with van der Waals surface area (Å²) < 4.78 is 13.2. The number of hydrogen-bond donors (Lipinski definition) is 1. The highest BCUT2D eigenvalue weighted by Crippen LogP contribution is 2.46. The van der Waals surface area contributed by atoms with Crippen LogP contribution in [0.5, 0.6) is 0 Å². The van der Waals surface area contributed by atoms with Crippen LogP contribution in [0.4, 0.5) is 0 Å². The highest BCUT2D eigenvalue weighted by molar-refractivity contribution is 8.05. The first-order chi connectivity index (χ1) is 9.68. The number of ketones is 1. The zero-order valence-corrected chi connectivity index (χ0v) is 13.6. The summed E-state index contributed by atoms with van der Waals surface area (Å²) in [7, 11) is -2.25. The fourth-order valence-electron chi connectivity index (χ4n) is 5.01. The third-order valence-corrected chi connectivity index (χ3v) is 10.5. The minimum absolute atomic E-state index is 0.244. The predicted octanol–water partition coefficient (Wildman–Crippen LogP) is 3.65. The van der Waals surface area contributed by atoms with Crippen molar-refractivity contribution in [1.29, 1.82) is 0 Å². The molecule has 2 nitrogen and oxygen atoms in total. The molecule has 0 aromatic heterocycles. The Morgan fingerprint density at radius 1 is 0.800 bits per heavy atom. The molecule has 2 saturated carbocycles. The van der Waals surface area contributed by atoms with Crippen molar-refractivity contribution in [2.75, 3.05) is 11.5 Å². The lowest BCUT2D eigenvalue weighted by Gasteiger charge is -2.46. The van der Waals surface area contributed by atoms with E-state index in [1.165, 1.54) is 25.7 Å². The minimum atomic E-state index is -2.25. The second-order valence-corrected chi connectivity index (χ2v) is 10.9. The van der Waals surface area contributed by atoms with E-state index in [1.54, 1.807) is 0 Å². The lowest BCUT2D eigenvalue weighted by atomic mass is 9.76. The van der Waals surface area contributed by atoms with Crippen molar-refractivity contribution in [2.45, 2.75) is 81.8 Å². The number of hydrogen-bond acceptors (Lipinski definition) is 2. The Hall–Kier alpha value is -0.180. The summed E-state index contributed by atoms with van der Waals surface area (Å²) in [6, 6.07) is 0. The molecule has 20 heavy (non-hydrogen) atoms. The van der Waals surface area contributed by atoms with E-state index in [9.17, 15) is 9.00 Å². The van der Waals surface area contributed by atoms with E-state index >= 15 is 0 Å². The zero-order chi connectivity index (χ0) is 14.1. The fourth-order valence-corrected chi connectivity index (χ4v) is 9.27. The summed E-state index contributed by atoms with van der Waals surface area (Å²) in [4.78, 5) is 13.3. The van der Waals surface area contributed by atoms with Crippen LogP contribution in [0.1, 0.15) is 77.0 Å². The molecule has 0 aromatic carbocycles. The first kappa shape index (κ1) is 14.7. The lowest BCUT2D eigenvalue weighted by Crippen LogP contribution is -2.55. The molecule has 0 amide bonds. The maximum atomic E-state index is 13.6. The van der Waals surface area contributed by atoms with E-state index in [2.05, 4.69) is 0 Å². The van der Waals surface area contributed by atoms with E-state index in [0.29, 0.717) is 5.78 Å². The van der Waals surface area contributed by atoms with Crippen LogP contribution in [-0.4, -0.2) is 26.2 Å². The number of Topliss-reactive ketones (excluding diaryl/α,β-unsaturated/α-hetero) is 1. The van der Waals surface area contributed by atoms with E-state index in [-0.39, 0.29) is 10.7 Å². The van der Waals surface area contributed by atoms with Crippen LogP contribution in [-0.2, 0) is 14.7 Å². The van der Waals surface area contributed by atoms with Crippen molar-refractivity contribution in [3.63, 3.8) is 0 Å². The van der Waals surface area contributed by atoms with Gasteiger partial charge in [0.25, 0.3) is 0 Å². The number of carbonyl (C=O) groups is 1. The number of thiol groups is 1. The zero-order valence-electron chi connectivity index (χ0n) is 12.7. The second-order valence-electron chi connectivity index (χ2n) is 7.34. The third kappa shape index (κ3) is 2.40. The van der Waals surface area contributed by atoms with E-state index in [0.717, 1.165) is 62.9 Å². The lowest BCUT2D eigenvalue weighted by molar-refractivity contribution is -0.127. The highest BCUT2D eigenvalue weighted by Gasteiger charge is 2.52. The molecule has 0 aromatic rings. The van der Waals surface area contributed by atoms with Gasteiger partial charge >= 0.3 is 0 Å². The second kappa shape index (κ2) is 5.90. The molecule has 0 radical (unpaired) electrons. The molecule has 116 valence electrons. The monoisotopic (exact) mass is 298 g/mol. The van der Waals surface area contributed by atoms with Gasteiger partial charge in [-0.05, 0) is 38.5 Å².